The zero-order valence-electron chi connectivity index (χ0n) is 11.9. The minimum Gasteiger partial charge on any atom is -0.444 e. The lowest BCUT2D eigenvalue weighted by atomic mass is 10.2. The molecule has 0 aliphatic carbocycles. The molecule has 2 heterocycles. The van der Waals surface area contributed by atoms with Crippen LogP contribution in [-0.2, 0) is 6.42 Å². The molecule has 1 aliphatic rings. The Morgan fingerprint density at radius 3 is 2.94 bits per heavy atom. The van der Waals surface area contributed by atoms with Crippen molar-refractivity contribution in [1.82, 2.24) is 15.2 Å². The number of hydrogen-bond donors (Lipinski definition) is 1. The van der Waals surface area contributed by atoms with E-state index in [1.165, 1.54) is 12.8 Å². The van der Waals surface area contributed by atoms with E-state index in [1.54, 1.807) is 0 Å². The molecule has 2 unspecified atom stereocenters. The van der Waals surface area contributed by atoms with Crippen molar-refractivity contribution in [3.63, 3.8) is 0 Å². The first-order valence-electron chi connectivity index (χ1n) is 6.99. The summed E-state index contributed by atoms with van der Waals surface area (Å²) in [5, 5.41) is 3.22. The molecule has 4 nitrogen and oxygen atoms in total. The monoisotopic (exact) mass is 251 g/mol. The number of likely N-dealkylation sites (N-methyl/N-ethyl adjacent to an activating group) is 1. The van der Waals surface area contributed by atoms with Crippen LogP contribution in [0, 0.1) is 0 Å². The lowest BCUT2D eigenvalue weighted by molar-refractivity contribution is 0.177. The molecule has 0 aromatic carbocycles. The molecule has 1 aliphatic heterocycles. The lowest BCUT2D eigenvalue weighted by Gasteiger charge is -2.25. The zero-order chi connectivity index (χ0) is 13.1. The first-order chi connectivity index (χ1) is 8.61. The number of hydrogen-bond acceptors (Lipinski definition) is 4. The topological polar surface area (TPSA) is 41.3 Å². The van der Waals surface area contributed by atoms with Crippen molar-refractivity contribution in [2.45, 2.75) is 58.2 Å². The molecule has 0 bridgehead atoms. The Morgan fingerprint density at radius 1 is 1.50 bits per heavy atom. The standard InChI is InChI=1S/C14H25N3O/c1-10(2)17-7-5-6-13(17)14-16-9-12(18-14)8-11(3)15-4/h9-11,13,15H,5-8H2,1-4H3. The summed E-state index contributed by atoms with van der Waals surface area (Å²) in [5.41, 5.74) is 0. The second-order valence-electron chi connectivity index (χ2n) is 5.55. The molecule has 0 spiro atoms. The van der Waals surface area contributed by atoms with Crippen LogP contribution in [-0.4, -0.2) is 35.6 Å². The summed E-state index contributed by atoms with van der Waals surface area (Å²) in [6.07, 6.45) is 5.20. The van der Waals surface area contributed by atoms with E-state index in [4.69, 9.17) is 4.42 Å². The van der Waals surface area contributed by atoms with Gasteiger partial charge in [-0.05, 0) is 47.2 Å². The quantitative estimate of drug-likeness (QED) is 0.872. The number of rotatable bonds is 5. The van der Waals surface area contributed by atoms with Crippen LogP contribution in [0.5, 0.6) is 0 Å². The Hall–Kier alpha value is -0.870. The smallest absolute Gasteiger partial charge is 0.211 e. The Bertz CT molecular complexity index is 375. The molecule has 0 radical (unpaired) electrons. The van der Waals surface area contributed by atoms with E-state index in [0.29, 0.717) is 18.1 Å². The second kappa shape index (κ2) is 5.85. The van der Waals surface area contributed by atoms with Gasteiger partial charge in [-0.3, -0.25) is 4.90 Å². The summed E-state index contributed by atoms with van der Waals surface area (Å²) in [6.45, 7) is 7.79. The van der Waals surface area contributed by atoms with Gasteiger partial charge in [0.2, 0.25) is 5.89 Å². The Morgan fingerprint density at radius 2 is 2.28 bits per heavy atom. The third kappa shape index (κ3) is 2.93. The summed E-state index contributed by atoms with van der Waals surface area (Å²) in [7, 11) is 1.97. The first-order valence-corrected chi connectivity index (χ1v) is 6.99. The van der Waals surface area contributed by atoms with E-state index in [2.05, 4.69) is 36.0 Å². The third-order valence-corrected chi connectivity index (χ3v) is 3.81. The fraction of sp³-hybridized carbons (Fsp3) is 0.786. The maximum absolute atomic E-state index is 5.93. The average molecular weight is 251 g/mol. The highest BCUT2D eigenvalue weighted by atomic mass is 16.4. The van der Waals surface area contributed by atoms with E-state index in [9.17, 15) is 0 Å². The summed E-state index contributed by atoms with van der Waals surface area (Å²) < 4.78 is 5.93. The van der Waals surface area contributed by atoms with Gasteiger partial charge in [-0.2, -0.15) is 0 Å². The number of aromatic nitrogens is 1. The van der Waals surface area contributed by atoms with E-state index < -0.39 is 0 Å². The Kier molecular flexibility index (Phi) is 4.40. The molecule has 0 amide bonds. The van der Waals surface area contributed by atoms with Crippen LogP contribution in [0.3, 0.4) is 0 Å². The number of nitrogens with one attached hydrogen (secondary N) is 1. The molecule has 2 rings (SSSR count). The Labute approximate surface area is 110 Å². The van der Waals surface area contributed by atoms with Crippen molar-refractivity contribution in [2.24, 2.45) is 0 Å². The zero-order valence-corrected chi connectivity index (χ0v) is 11.9. The van der Waals surface area contributed by atoms with Gasteiger partial charge in [0.1, 0.15) is 5.76 Å². The molecule has 0 saturated carbocycles. The molecule has 102 valence electrons. The number of oxazole rings is 1. The van der Waals surface area contributed by atoms with E-state index >= 15 is 0 Å². The van der Waals surface area contributed by atoms with Gasteiger partial charge in [-0.15, -0.1) is 0 Å². The molecule has 1 saturated heterocycles. The third-order valence-electron chi connectivity index (χ3n) is 3.81. The lowest BCUT2D eigenvalue weighted by Crippen LogP contribution is -2.30. The van der Waals surface area contributed by atoms with Gasteiger partial charge in [0.25, 0.3) is 0 Å². The van der Waals surface area contributed by atoms with Crippen LogP contribution < -0.4 is 5.32 Å². The molecular formula is C14H25N3O. The molecule has 1 aromatic heterocycles. The highest BCUT2D eigenvalue weighted by molar-refractivity contribution is 5.02. The van der Waals surface area contributed by atoms with Crippen LogP contribution in [0.2, 0.25) is 0 Å². The predicted molar refractivity (Wildman–Crippen MR) is 72.5 cm³/mol. The first kappa shape index (κ1) is 13.6. The molecule has 18 heavy (non-hydrogen) atoms. The van der Waals surface area contributed by atoms with Crippen molar-refractivity contribution < 1.29 is 4.42 Å². The van der Waals surface area contributed by atoms with Crippen LogP contribution in [0.4, 0.5) is 0 Å². The maximum Gasteiger partial charge on any atom is 0.211 e. The van der Waals surface area contributed by atoms with Crippen molar-refractivity contribution in [1.29, 1.82) is 0 Å². The van der Waals surface area contributed by atoms with Gasteiger partial charge in [0.15, 0.2) is 0 Å². The van der Waals surface area contributed by atoms with Gasteiger partial charge in [0.05, 0.1) is 12.2 Å². The summed E-state index contributed by atoms with van der Waals surface area (Å²) in [5.74, 6) is 1.89. The van der Waals surface area contributed by atoms with E-state index in [1.807, 2.05) is 13.2 Å². The van der Waals surface area contributed by atoms with Crippen LogP contribution >= 0.6 is 0 Å². The van der Waals surface area contributed by atoms with Crippen molar-refractivity contribution >= 4 is 0 Å². The van der Waals surface area contributed by atoms with Crippen molar-refractivity contribution in [3.8, 4) is 0 Å². The summed E-state index contributed by atoms with van der Waals surface area (Å²) >= 11 is 0. The summed E-state index contributed by atoms with van der Waals surface area (Å²) in [4.78, 5) is 6.97. The second-order valence-corrected chi connectivity index (χ2v) is 5.55. The van der Waals surface area contributed by atoms with Crippen LogP contribution in [0.15, 0.2) is 10.6 Å². The average Bonchev–Trinajstić information content (AvgIpc) is 2.95. The maximum atomic E-state index is 5.93. The van der Waals surface area contributed by atoms with Gasteiger partial charge >= 0.3 is 0 Å². The molecule has 1 fully saturated rings. The SMILES string of the molecule is CNC(C)Cc1cnc(C2CCCN2C(C)C)o1. The molecular weight excluding hydrogens is 226 g/mol. The van der Waals surface area contributed by atoms with Crippen molar-refractivity contribution in [3.05, 3.63) is 17.8 Å². The Balaban J connectivity index is 2.05. The van der Waals surface area contributed by atoms with Crippen LogP contribution in [0.1, 0.15) is 51.3 Å². The fourth-order valence-electron chi connectivity index (χ4n) is 2.65. The van der Waals surface area contributed by atoms with Gasteiger partial charge in [-0.25, -0.2) is 4.98 Å². The van der Waals surface area contributed by atoms with Crippen LogP contribution in [0.25, 0.3) is 0 Å². The number of nitrogens with zero attached hydrogens (tertiary/aromatic N) is 2. The summed E-state index contributed by atoms with van der Waals surface area (Å²) in [6, 6.07) is 1.36. The van der Waals surface area contributed by atoms with E-state index in [-0.39, 0.29) is 0 Å². The fourth-order valence-corrected chi connectivity index (χ4v) is 2.65. The largest absolute Gasteiger partial charge is 0.444 e. The molecule has 4 heteroatoms. The van der Waals surface area contributed by atoms with Gasteiger partial charge < -0.3 is 9.73 Å². The highest BCUT2D eigenvalue weighted by Crippen LogP contribution is 2.33. The van der Waals surface area contributed by atoms with Gasteiger partial charge in [0, 0.05) is 18.5 Å². The normalized spacial score (nSPS) is 22.8. The molecule has 2 atom stereocenters. The minimum atomic E-state index is 0.378. The number of likely N-dealkylation sites (tertiary alicyclic amines) is 1. The van der Waals surface area contributed by atoms with Gasteiger partial charge in [-0.1, -0.05) is 0 Å². The minimum absolute atomic E-state index is 0.378. The van der Waals surface area contributed by atoms with Crippen molar-refractivity contribution in [2.75, 3.05) is 13.6 Å². The van der Waals surface area contributed by atoms with E-state index in [0.717, 1.165) is 24.6 Å². The molecule has 1 N–H and O–H groups in total. The highest BCUT2D eigenvalue weighted by Gasteiger charge is 2.31. The predicted octanol–water partition coefficient (Wildman–Crippen LogP) is 2.37. The molecule has 1 aromatic rings.